The average Bonchev–Trinajstić information content (AvgIpc) is 2.80. The van der Waals surface area contributed by atoms with Gasteiger partial charge in [0.25, 0.3) is 5.56 Å². The van der Waals surface area contributed by atoms with Crippen molar-refractivity contribution in [2.24, 2.45) is 0 Å². The minimum Gasteiger partial charge on any atom is -0.491 e. The molecular formula is C20H21F3N6O4. The largest absolute Gasteiger partial charge is 0.491 e. The van der Waals surface area contributed by atoms with Crippen LogP contribution in [0.1, 0.15) is 17.5 Å². The summed E-state index contributed by atoms with van der Waals surface area (Å²) in [7, 11) is 0. The second-order valence-corrected chi connectivity index (χ2v) is 7.08. The van der Waals surface area contributed by atoms with Crippen LogP contribution in [0.25, 0.3) is 0 Å². The highest BCUT2D eigenvalue weighted by molar-refractivity contribution is 5.77. The van der Waals surface area contributed by atoms with E-state index >= 15 is 0 Å². The van der Waals surface area contributed by atoms with Gasteiger partial charge >= 0.3 is 6.18 Å². The zero-order valence-corrected chi connectivity index (χ0v) is 17.5. The first-order valence-electron chi connectivity index (χ1n) is 10.0. The Bertz CT molecular complexity index is 1040. The van der Waals surface area contributed by atoms with Crippen LogP contribution in [0.5, 0.6) is 5.75 Å². The number of nitrogens with zero attached hydrogens (tertiary/aromatic N) is 5. The summed E-state index contributed by atoms with van der Waals surface area (Å²) in [5.41, 5.74) is -2.34. The molecule has 2 aromatic heterocycles. The zero-order valence-electron chi connectivity index (χ0n) is 17.5. The Balaban J connectivity index is 1.35. The van der Waals surface area contributed by atoms with Gasteiger partial charge in [0.1, 0.15) is 18.5 Å². The van der Waals surface area contributed by atoms with Gasteiger partial charge in [0.15, 0.2) is 11.3 Å². The standard InChI is InChI=1S/C20H21F3N6O4/c21-20(22,23)18-15(12-26-27-19(18)31)33-9-1-8-32-13-17(30)29-6-4-28(5-7-29)16-3-2-14(10-24)11-25-16/h2-3,11-12H,1,4-9,13H2,(H,27,31). The summed E-state index contributed by atoms with van der Waals surface area (Å²) in [6.45, 7) is 1.95. The Morgan fingerprint density at radius 3 is 2.58 bits per heavy atom. The number of aromatic amines is 1. The summed E-state index contributed by atoms with van der Waals surface area (Å²) >= 11 is 0. The molecule has 0 aromatic carbocycles. The monoisotopic (exact) mass is 466 g/mol. The summed E-state index contributed by atoms with van der Waals surface area (Å²) in [5, 5.41) is 13.9. The normalized spacial score (nSPS) is 14.1. The van der Waals surface area contributed by atoms with E-state index in [1.54, 1.807) is 22.1 Å². The first kappa shape index (κ1) is 24.0. The number of nitrogens with one attached hydrogen (secondary N) is 1. The number of carbonyl (C=O) groups is 1. The molecule has 0 atom stereocenters. The number of alkyl halides is 3. The minimum absolute atomic E-state index is 0.0961. The maximum Gasteiger partial charge on any atom is 0.425 e. The average molecular weight is 466 g/mol. The Morgan fingerprint density at radius 2 is 1.94 bits per heavy atom. The third-order valence-electron chi connectivity index (χ3n) is 4.85. The molecule has 1 fully saturated rings. The lowest BCUT2D eigenvalue weighted by molar-refractivity contribution is -0.140. The van der Waals surface area contributed by atoms with Crippen molar-refractivity contribution in [1.29, 1.82) is 5.26 Å². The number of aromatic nitrogens is 3. The summed E-state index contributed by atoms with van der Waals surface area (Å²) in [5.74, 6) is -0.111. The van der Waals surface area contributed by atoms with Gasteiger partial charge in [0, 0.05) is 38.8 Å². The lowest BCUT2D eigenvalue weighted by Gasteiger charge is -2.35. The number of hydrogen-bond acceptors (Lipinski definition) is 8. The molecule has 10 nitrogen and oxygen atoms in total. The summed E-state index contributed by atoms with van der Waals surface area (Å²) in [6.07, 6.45) is -2.35. The second-order valence-electron chi connectivity index (χ2n) is 7.08. The number of carbonyl (C=O) groups excluding carboxylic acids is 1. The first-order chi connectivity index (χ1) is 15.8. The predicted molar refractivity (Wildman–Crippen MR) is 109 cm³/mol. The van der Waals surface area contributed by atoms with Crippen LogP contribution in [-0.4, -0.2) is 72.0 Å². The van der Waals surface area contributed by atoms with E-state index in [4.69, 9.17) is 14.7 Å². The van der Waals surface area contributed by atoms with Gasteiger partial charge in [-0.3, -0.25) is 9.59 Å². The molecule has 0 bridgehead atoms. The molecule has 0 radical (unpaired) electrons. The van der Waals surface area contributed by atoms with Gasteiger partial charge in [-0.05, 0) is 12.1 Å². The van der Waals surface area contributed by atoms with E-state index in [1.165, 1.54) is 6.20 Å². The maximum absolute atomic E-state index is 12.9. The summed E-state index contributed by atoms with van der Waals surface area (Å²) in [6, 6.07) is 5.47. The molecule has 13 heteroatoms. The van der Waals surface area contributed by atoms with Crippen LogP contribution in [0.4, 0.5) is 19.0 Å². The maximum atomic E-state index is 12.9. The molecule has 0 saturated carbocycles. The van der Waals surface area contributed by atoms with Crippen LogP contribution in [0.3, 0.4) is 0 Å². The molecule has 0 aliphatic carbocycles. The number of ether oxygens (including phenoxy) is 2. The fourth-order valence-electron chi connectivity index (χ4n) is 3.18. The highest BCUT2D eigenvalue weighted by atomic mass is 19.4. The highest BCUT2D eigenvalue weighted by Gasteiger charge is 2.38. The summed E-state index contributed by atoms with van der Waals surface area (Å²) < 4.78 is 49.2. The SMILES string of the molecule is N#Cc1ccc(N2CCN(C(=O)COCCCOc3cn[nH]c(=O)c3C(F)(F)F)CC2)nc1. The number of H-pyrrole nitrogens is 1. The van der Waals surface area contributed by atoms with Gasteiger partial charge in [0.2, 0.25) is 5.91 Å². The van der Waals surface area contributed by atoms with Gasteiger partial charge in [-0.1, -0.05) is 0 Å². The lowest BCUT2D eigenvalue weighted by Crippen LogP contribution is -2.50. The molecule has 1 aliphatic heterocycles. The fraction of sp³-hybridized carbons (Fsp3) is 0.450. The molecule has 0 unspecified atom stereocenters. The number of anilines is 1. The van der Waals surface area contributed by atoms with E-state index in [2.05, 4.69) is 10.1 Å². The number of rotatable bonds is 8. The van der Waals surface area contributed by atoms with Crippen LogP contribution < -0.4 is 15.2 Å². The Morgan fingerprint density at radius 1 is 1.18 bits per heavy atom. The van der Waals surface area contributed by atoms with Gasteiger partial charge in [-0.15, -0.1) is 0 Å². The van der Waals surface area contributed by atoms with Crippen molar-refractivity contribution in [3.05, 3.63) is 46.0 Å². The molecule has 33 heavy (non-hydrogen) atoms. The van der Waals surface area contributed by atoms with E-state index in [0.29, 0.717) is 31.7 Å². The molecular weight excluding hydrogens is 445 g/mol. The van der Waals surface area contributed by atoms with Crippen LogP contribution in [-0.2, 0) is 15.7 Å². The molecule has 1 saturated heterocycles. The third kappa shape index (κ3) is 6.42. The van der Waals surface area contributed by atoms with Crippen molar-refractivity contribution in [2.45, 2.75) is 12.6 Å². The zero-order chi connectivity index (χ0) is 23.8. The third-order valence-corrected chi connectivity index (χ3v) is 4.85. The topological polar surface area (TPSA) is 124 Å². The quantitative estimate of drug-likeness (QED) is 0.576. The lowest BCUT2D eigenvalue weighted by atomic mass is 10.2. The molecule has 3 heterocycles. The molecule has 1 amide bonds. The fourth-order valence-corrected chi connectivity index (χ4v) is 3.18. The molecule has 0 spiro atoms. The van der Waals surface area contributed by atoms with E-state index in [-0.39, 0.29) is 32.1 Å². The van der Waals surface area contributed by atoms with Crippen molar-refractivity contribution >= 4 is 11.7 Å². The predicted octanol–water partition coefficient (Wildman–Crippen LogP) is 1.19. The number of piperazine rings is 1. The minimum atomic E-state index is -4.87. The number of nitriles is 1. The van der Waals surface area contributed by atoms with E-state index in [1.807, 2.05) is 11.0 Å². The molecule has 1 N–H and O–H groups in total. The van der Waals surface area contributed by atoms with Crippen LogP contribution in [0, 0.1) is 11.3 Å². The van der Waals surface area contributed by atoms with Gasteiger partial charge in [0.05, 0.1) is 25.0 Å². The van der Waals surface area contributed by atoms with Crippen LogP contribution >= 0.6 is 0 Å². The van der Waals surface area contributed by atoms with Crippen LogP contribution in [0.2, 0.25) is 0 Å². The van der Waals surface area contributed by atoms with E-state index in [0.717, 1.165) is 12.0 Å². The summed E-state index contributed by atoms with van der Waals surface area (Å²) in [4.78, 5) is 31.6. The first-order valence-corrected chi connectivity index (χ1v) is 10.0. The highest BCUT2D eigenvalue weighted by Crippen LogP contribution is 2.32. The van der Waals surface area contributed by atoms with Gasteiger partial charge in [-0.2, -0.15) is 23.5 Å². The Hall–Kier alpha value is -3.66. The van der Waals surface area contributed by atoms with Crippen molar-refractivity contribution in [2.75, 3.05) is 50.9 Å². The number of amides is 1. The second kappa shape index (κ2) is 10.8. The van der Waals surface area contributed by atoms with Gasteiger partial charge in [-0.25, -0.2) is 10.1 Å². The number of halogens is 3. The van der Waals surface area contributed by atoms with E-state index in [9.17, 15) is 22.8 Å². The van der Waals surface area contributed by atoms with Crippen molar-refractivity contribution in [3.8, 4) is 11.8 Å². The molecule has 176 valence electrons. The van der Waals surface area contributed by atoms with Crippen LogP contribution in [0.15, 0.2) is 29.3 Å². The number of hydrogen-bond donors (Lipinski definition) is 1. The molecule has 1 aliphatic rings. The van der Waals surface area contributed by atoms with Gasteiger partial charge < -0.3 is 19.3 Å². The van der Waals surface area contributed by atoms with E-state index < -0.39 is 23.0 Å². The Kier molecular flexibility index (Phi) is 7.83. The molecule has 2 aromatic rings. The van der Waals surface area contributed by atoms with Crippen molar-refractivity contribution in [1.82, 2.24) is 20.1 Å². The smallest absolute Gasteiger partial charge is 0.425 e. The van der Waals surface area contributed by atoms with Crippen molar-refractivity contribution < 1.29 is 27.4 Å². The van der Waals surface area contributed by atoms with Crippen molar-refractivity contribution in [3.63, 3.8) is 0 Å². The molecule has 3 rings (SSSR count). The Labute approximate surface area is 186 Å². The number of pyridine rings is 1.